The predicted octanol–water partition coefficient (Wildman–Crippen LogP) is 3.33. The normalized spacial score (nSPS) is 22.1. The first-order chi connectivity index (χ1) is 7.79. The van der Waals surface area contributed by atoms with E-state index in [1.165, 1.54) is 0 Å². The molecule has 84 valence electrons. The molecule has 1 fully saturated rings. The number of allylic oxidation sites excluding steroid dienone is 2. The van der Waals surface area contributed by atoms with Crippen LogP contribution in [0.2, 0.25) is 0 Å². The van der Waals surface area contributed by atoms with Crippen LogP contribution in [-0.4, -0.2) is 17.2 Å². The summed E-state index contributed by atoms with van der Waals surface area (Å²) < 4.78 is 5.60. The molecule has 0 aromatic heterocycles. The van der Waals surface area contributed by atoms with E-state index in [2.05, 4.69) is 15.9 Å². The van der Waals surface area contributed by atoms with Crippen molar-refractivity contribution in [3.05, 3.63) is 47.7 Å². The van der Waals surface area contributed by atoms with Gasteiger partial charge < -0.3 is 4.74 Å². The van der Waals surface area contributed by atoms with E-state index in [-0.39, 0.29) is 11.9 Å². The molecule has 0 unspecified atom stereocenters. The van der Waals surface area contributed by atoms with Gasteiger partial charge >= 0.3 is 0 Å². The molecule has 2 nitrogen and oxygen atoms in total. The largest absolute Gasteiger partial charge is 0.494 e. The molecule has 0 N–H and O–H groups in total. The van der Waals surface area contributed by atoms with Crippen LogP contribution in [0.4, 0.5) is 0 Å². The Morgan fingerprint density at radius 2 is 2.19 bits per heavy atom. The molecule has 2 rings (SSSR count). The van der Waals surface area contributed by atoms with Crippen molar-refractivity contribution in [2.24, 2.45) is 0 Å². The van der Waals surface area contributed by atoms with Crippen molar-refractivity contribution in [2.45, 2.75) is 18.9 Å². The quantitative estimate of drug-likeness (QED) is 0.482. The van der Waals surface area contributed by atoms with Crippen molar-refractivity contribution in [2.75, 3.05) is 5.33 Å². The summed E-state index contributed by atoms with van der Waals surface area (Å²) in [6, 6.07) is 9.26. The lowest BCUT2D eigenvalue weighted by atomic mass is 10.1. The average molecular weight is 281 g/mol. The molecule has 1 atom stereocenters. The van der Waals surface area contributed by atoms with Crippen LogP contribution in [0.5, 0.6) is 0 Å². The third-order valence-corrected chi connectivity index (χ3v) is 3.28. The number of hydrogen-bond acceptors (Lipinski definition) is 2. The van der Waals surface area contributed by atoms with Crippen molar-refractivity contribution in [3.63, 3.8) is 0 Å². The summed E-state index contributed by atoms with van der Waals surface area (Å²) in [6.07, 6.45) is 3.67. The van der Waals surface area contributed by atoms with Crippen molar-refractivity contribution in [1.82, 2.24) is 0 Å². The van der Waals surface area contributed by atoms with Gasteiger partial charge in [-0.1, -0.05) is 46.3 Å². The molecule has 0 bridgehead atoms. The van der Waals surface area contributed by atoms with Crippen LogP contribution in [0.1, 0.15) is 23.2 Å². The Balaban J connectivity index is 2.05. The minimum absolute atomic E-state index is 0.0193. The van der Waals surface area contributed by atoms with Crippen molar-refractivity contribution >= 4 is 21.7 Å². The Kier molecular flexibility index (Phi) is 3.78. The van der Waals surface area contributed by atoms with Crippen molar-refractivity contribution < 1.29 is 9.53 Å². The molecule has 1 aromatic rings. The highest BCUT2D eigenvalue weighted by atomic mass is 79.9. The molecule has 0 amide bonds. The van der Waals surface area contributed by atoms with Gasteiger partial charge in [-0.3, -0.25) is 4.79 Å². The molecule has 1 saturated heterocycles. The standard InChI is InChI=1S/C13H13BrO2/c14-9-12-7-6-11(16-12)8-13(15)10-4-2-1-3-5-10/h1-5,8,12H,6-7,9H2/b11-8+/t12-/m1/s1. The maximum Gasteiger partial charge on any atom is 0.189 e. The number of ketones is 1. The molecular formula is C13H13BrO2. The maximum atomic E-state index is 11.8. The van der Waals surface area contributed by atoms with E-state index in [4.69, 9.17) is 4.74 Å². The van der Waals surface area contributed by atoms with Crippen molar-refractivity contribution in [3.8, 4) is 0 Å². The summed E-state index contributed by atoms with van der Waals surface area (Å²) in [5, 5.41) is 0.823. The molecular weight excluding hydrogens is 268 g/mol. The van der Waals surface area contributed by atoms with E-state index in [1.54, 1.807) is 6.08 Å². The van der Waals surface area contributed by atoms with Gasteiger partial charge in [0, 0.05) is 23.4 Å². The zero-order valence-corrected chi connectivity index (χ0v) is 10.4. The number of benzene rings is 1. The van der Waals surface area contributed by atoms with Gasteiger partial charge in [-0.2, -0.15) is 0 Å². The zero-order valence-electron chi connectivity index (χ0n) is 8.86. The molecule has 0 spiro atoms. The first-order valence-electron chi connectivity index (χ1n) is 5.32. The van der Waals surface area contributed by atoms with E-state index >= 15 is 0 Å². The fourth-order valence-electron chi connectivity index (χ4n) is 1.68. The summed E-state index contributed by atoms with van der Waals surface area (Å²) in [7, 11) is 0. The SMILES string of the molecule is O=C(/C=C1\CC[C@H](CBr)O1)c1ccccc1. The smallest absolute Gasteiger partial charge is 0.189 e. The molecule has 16 heavy (non-hydrogen) atoms. The van der Waals surface area contributed by atoms with Gasteiger partial charge in [-0.15, -0.1) is 0 Å². The minimum Gasteiger partial charge on any atom is -0.494 e. The van der Waals surface area contributed by atoms with Crippen LogP contribution < -0.4 is 0 Å². The van der Waals surface area contributed by atoms with E-state index in [0.717, 1.165) is 23.9 Å². The summed E-state index contributed by atoms with van der Waals surface area (Å²) >= 11 is 3.38. The van der Waals surface area contributed by atoms with Gasteiger partial charge in [-0.05, 0) is 6.42 Å². The first-order valence-corrected chi connectivity index (χ1v) is 6.44. The Hall–Kier alpha value is -1.09. The number of ether oxygens (including phenoxy) is 1. The van der Waals surface area contributed by atoms with Gasteiger partial charge in [0.25, 0.3) is 0 Å². The van der Waals surface area contributed by atoms with E-state index in [0.29, 0.717) is 5.56 Å². The molecule has 1 aromatic carbocycles. The Morgan fingerprint density at radius 1 is 1.44 bits per heavy atom. The van der Waals surface area contributed by atoms with E-state index < -0.39 is 0 Å². The van der Waals surface area contributed by atoms with E-state index in [9.17, 15) is 4.79 Å². The first kappa shape index (κ1) is 11.4. The fraction of sp³-hybridized carbons (Fsp3) is 0.308. The Labute approximate surface area is 103 Å². The molecule has 0 radical (unpaired) electrons. The molecule has 0 aliphatic carbocycles. The summed E-state index contributed by atoms with van der Waals surface area (Å²) in [4.78, 5) is 11.8. The summed E-state index contributed by atoms with van der Waals surface area (Å²) in [5.74, 6) is 0.823. The number of halogens is 1. The van der Waals surface area contributed by atoms with Gasteiger partial charge in [0.15, 0.2) is 5.78 Å². The Bertz CT molecular complexity index is 398. The minimum atomic E-state index is 0.0193. The number of rotatable bonds is 3. The number of carbonyl (C=O) groups excluding carboxylic acids is 1. The molecule has 1 aliphatic heterocycles. The second kappa shape index (κ2) is 5.30. The lowest BCUT2D eigenvalue weighted by Gasteiger charge is -2.05. The fourth-order valence-corrected chi connectivity index (χ4v) is 2.14. The molecule has 0 saturated carbocycles. The summed E-state index contributed by atoms with van der Waals surface area (Å²) in [5.41, 5.74) is 0.709. The predicted molar refractivity (Wildman–Crippen MR) is 66.8 cm³/mol. The van der Waals surface area contributed by atoms with Crippen LogP contribution in [0.15, 0.2) is 42.2 Å². The Morgan fingerprint density at radius 3 is 2.81 bits per heavy atom. The lowest BCUT2D eigenvalue weighted by Crippen LogP contribution is -2.05. The van der Waals surface area contributed by atoms with Crippen LogP contribution in [0.25, 0.3) is 0 Å². The number of hydrogen-bond donors (Lipinski definition) is 0. The second-order valence-corrected chi connectivity index (χ2v) is 4.42. The second-order valence-electron chi connectivity index (χ2n) is 3.77. The van der Waals surface area contributed by atoms with Crippen LogP contribution in [-0.2, 0) is 4.74 Å². The third kappa shape index (κ3) is 2.73. The maximum absolute atomic E-state index is 11.8. The third-order valence-electron chi connectivity index (χ3n) is 2.55. The molecule has 1 aliphatic rings. The van der Waals surface area contributed by atoms with E-state index in [1.807, 2.05) is 30.3 Å². The van der Waals surface area contributed by atoms with Crippen LogP contribution in [0, 0.1) is 0 Å². The topological polar surface area (TPSA) is 26.3 Å². The number of alkyl halides is 1. The van der Waals surface area contributed by atoms with Gasteiger partial charge in [0.1, 0.15) is 11.9 Å². The van der Waals surface area contributed by atoms with Crippen LogP contribution in [0.3, 0.4) is 0 Å². The van der Waals surface area contributed by atoms with Gasteiger partial charge in [-0.25, -0.2) is 0 Å². The van der Waals surface area contributed by atoms with Crippen LogP contribution >= 0.6 is 15.9 Å². The highest BCUT2D eigenvalue weighted by Crippen LogP contribution is 2.24. The zero-order chi connectivity index (χ0) is 11.4. The lowest BCUT2D eigenvalue weighted by molar-refractivity contribution is 0.103. The highest BCUT2D eigenvalue weighted by Gasteiger charge is 2.20. The highest BCUT2D eigenvalue weighted by molar-refractivity contribution is 9.09. The van der Waals surface area contributed by atoms with Gasteiger partial charge in [0.05, 0.1) is 0 Å². The van der Waals surface area contributed by atoms with Crippen molar-refractivity contribution in [1.29, 1.82) is 0 Å². The molecule has 3 heteroatoms. The molecule has 1 heterocycles. The average Bonchev–Trinajstić information content (AvgIpc) is 2.78. The monoisotopic (exact) mass is 280 g/mol. The number of carbonyl (C=O) groups is 1. The summed E-state index contributed by atoms with van der Waals surface area (Å²) in [6.45, 7) is 0. The van der Waals surface area contributed by atoms with Gasteiger partial charge in [0.2, 0.25) is 0 Å².